The van der Waals surface area contributed by atoms with Crippen molar-refractivity contribution >= 4 is 61.5 Å². The summed E-state index contributed by atoms with van der Waals surface area (Å²) in [5.74, 6) is 0.971. The summed E-state index contributed by atoms with van der Waals surface area (Å²) >= 11 is 2.34. The Morgan fingerprint density at radius 3 is 2.73 bits per heavy atom. The van der Waals surface area contributed by atoms with E-state index in [9.17, 15) is 0 Å². The molecule has 0 saturated heterocycles. The Morgan fingerprint density at radius 1 is 1.05 bits per heavy atom. The molecule has 0 aliphatic rings. The van der Waals surface area contributed by atoms with Gasteiger partial charge in [-0.3, -0.25) is 4.40 Å². The van der Waals surface area contributed by atoms with E-state index in [4.69, 9.17) is 0 Å². The third-order valence-corrected chi connectivity index (χ3v) is 5.55. The van der Waals surface area contributed by atoms with Gasteiger partial charge in [-0.05, 0) is 19.1 Å². The summed E-state index contributed by atoms with van der Waals surface area (Å²) in [5.41, 5.74) is 6.32. The number of hydrogen-bond acceptors (Lipinski definition) is 1. The molecule has 0 unspecified atom stereocenters. The number of para-hydroxylation sites is 1. The van der Waals surface area contributed by atoms with Crippen LogP contribution in [0.5, 0.6) is 0 Å². The van der Waals surface area contributed by atoms with Crippen LogP contribution in [0, 0.1) is 6.92 Å². The van der Waals surface area contributed by atoms with E-state index in [0.29, 0.717) is 0 Å². The fourth-order valence-electron chi connectivity index (χ4n) is 3.69. The maximum Gasteiger partial charge on any atom is 0.224 e. The summed E-state index contributed by atoms with van der Waals surface area (Å²) in [6.07, 6.45) is 3.88. The minimum atomic E-state index is 0.971. The van der Waals surface area contributed by atoms with E-state index in [-0.39, 0.29) is 0 Å². The highest BCUT2D eigenvalue weighted by atomic mass is 127. The lowest BCUT2D eigenvalue weighted by atomic mass is 10.1. The van der Waals surface area contributed by atoms with Gasteiger partial charge in [-0.15, -0.1) is 0 Å². The average molecular weight is 400 g/mol. The number of aromatic nitrogens is 4. The minimum absolute atomic E-state index is 0.971. The Balaban J connectivity index is 2.17. The molecule has 0 aliphatic heterocycles. The van der Waals surface area contributed by atoms with Crippen molar-refractivity contribution in [3.8, 4) is 0 Å². The van der Waals surface area contributed by atoms with Crippen molar-refractivity contribution in [1.82, 2.24) is 16.7 Å². The van der Waals surface area contributed by atoms with Crippen molar-refractivity contribution in [2.75, 3.05) is 0 Å². The molecule has 0 atom stereocenters. The van der Waals surface area contributed by atoms with E-state index in [1.54, 1.807) is 0 Å². The van der Waals surface area contributed by atoms with Gasteiger partial charge in [-0.1, -0.05) is 18.2 Å². The lowest BCUT2D eigenvalue weighted by Crippen LogP contribution is -1.91. The molecule has 3 aromatic heterocycles. The zero-order valence-electron chi connectivity index (χ0n) is 12.2. The predicted molar refractivity (Wildman–Crippen MR) is 98.8 cm³/mol. The Labute approximate surface area is 140 Å². The number of benzene rings is 2. The molecule has 5 heteroatoms. The average Bonchev–Trinajstić information content (AvgIpc) is 3.17. The molecule has 0 aliphatic carbocycles. The zero-order chi connectivity index (χ0) is 15.0. The summed E-state index contributed by atoms with van der Waals surface area (Å²) in [4.78, 5) is 4.47. The summed E-state index contributed by atoms with van der Waals surface area (Å²) in [5, 5.41) is 2.61. The molecule has 0 radical (unpaired) electrons. The van der Waals surface area contributed by atoms with Gasteiger partial charge in [0, 0.05) is 41.3 Å². The quantitative estimate of drug-likeness (QED) is 0.353. The third kappa shape index (κ3) is 1.31. The van der Waals surface area contributed by atoms with Gasteiger partial charge in [0.05, 0.1) is 39.4 Å². The van der Waals surface area contributed by atoms with Crippen molar-refractivity contribution in [3.05, 3.63) is 48.3 Å². The number of rotatable bonds is 0. The molecule has 0 amide bonds. The van der Waals surface area contributed by atoms with E-state index in [2.05, 4.69) is 83.9 Å². The molecule has 0 bridgehead atoms. The number of fused-ring (bicyclic) bond motifs is 6. The van der Waals surface area contributed by atoms with Gasteiger partial charge in [0.1, 0.15) is 0 Å². The van der Waals surface area contributed by atoms with Crippen molar-refractivity contribution in [1.29, 1.82) is 0 Å². The second-order valence-electron chi connectivity index (χ2n) is 5.72. The third-order valence-electron chi connectivity index (χ3n) is 4.63. The number of imidazole rings is 2. The van der Waals surface area contributed by atoms with Gasteiger partial charge in [-0.25, -0.2) is 7.76 Å². The van der Waals surface area contributed by atoms with E-state index >= 15 is 0 Å². The lowest BCUT2D eigenvalue weighted by molar-refractivity contribution is 1.01. The van der Waals surface area contributed by atoms with Crippen LogP contribution in [0.3, 0.4) is 0 Å². The van der Waals surface area contributed by atoms with Crippen molar-refractivity contribution in [2.45, 2.75) is 6.92 Å². The van der Waals surface area contributed by atoms with Crippen LogP contribution >= 0.6 is 22.9 Å². The highest BCUT2D eigenvalue weighted by Gasteiger charge is 2.18. The molecule has 0 saturated carbocycles. The summed E-state index contributed by atoms with van der Waals surface area (Å²) in [6.45, 7) is 2.21. The Kier molecular flexibility index (Phi) is 2.30. The fraction of sp³-hybridized carbons (Fsp3) is 0.118. The van der Waals surface area contributed by atoms with Crippen LogP contribution in [0.1, 0.15) is 5.56 Å². The molecule has 5 aromatic rings. The van der Waals surface area contributed by atoms with E-state index < -0.39 is 0 Å². The molecule has 0 spiro atoms. The molecule has 0 fully saturated rings. The van der Waals surface area contributed by atoms with Crippen LogP contribution in [-0.4, -0.2) is 16.7 Å². The molecule has 5 rings (SSSR count). The first-order valence-electron chi connectivity index (χ1n) is 7.19. The van der Waals surface area contributed by atoms with Gasteiger partial charge < -0.3 is 4.57 Å². The first-order chi connectivity index (χ1) is 10.7. The Hall–Kier alpha value is -2.02. The number of hydrogen-bond donors (Lipinski definition) is 0. The van der Waals surface area contributed by atoms with Gasteiger partial charge in [0.2, 0.25) is 5.78 Å². The Bertz CT molecular complexity index is 1210. The zero-order valence-corrected chi connectivity index (χ0v) is 14.4. The van der Waals surface area contributed by atoms with Crippen molar-refractivity contribution in [2.24, 2.45) is 7.05 Å². The Morgan fingerprint density at radius 2 is 1.86 bits per heavy atom. The van der Waals surface area contributed by atoms with Gasteiger partial charge >= 0.3 is 0 Å². The van der Waals surface area contributed by atoms with Crippen molar-refractivity contribution in [3.63, 3.8) is 0 Å². The van der Waals surface area contributed by atoms with E-state index in [0.717, 1.165) is 5.78 Å². The highest BCUT2D eigenvalue weighted by molar-refractivity contribution is 14.1. The minimum Gasteiger partial charge on any atom is -0.343 e. The van der Waals surface area contributed by atoms with Crippen molar-refractivity contribution < 1.29 is 0 Å². The first kappa shape index (κ1) is 12.5. The van der Waals surface area contributed by atoms with Crippen LogP contribution in [-0.2, 0) is 7.05 Å². The van der Waals surface area contributed by atoms with Gasteiger partial charge in [0.25, 0.3) is 0 Å². The fourth-order valence-corrected chi connectivity index (χ4v) is 4.66. The van der Waals surface area contributed by atoms with E-state index in [1.807, 2.05) is 12.4 Å². The van der Waals surface area contributed by atoms with Crippen LogP contribution in [0.25, 0.3) is 38.6 Å². The molecule has 0 N–H and O–H groups in total. The summed E-state index contributed by atoms with van der Waals surface area (Å²) in [6, 6.07) is 10.9. The van der Waals surface area contributed by atoms with Crippen LogP contribution in [0.4, 0.5) is 0 Å². The SMILES string of the molecule is Cc1c2c(cc3c1n(I)c1nccn31)c1ccccc1n2C. The summed E-state index contributed by atoms with van der Waals surface area (Å²) in [7, 11) is 2.15. The van der Waals surface area contributed by atoms with Crippen LogP contribution in [0.15, 0.2) is 42.7 Å². The molecule has 2 aromatic carbocycles. The maximum absolute atomic E-state index is 4.47. The van der Waals surface area contributed by atoms with Crippen LogP contribution in [0.2, 0.25) is 0 Å². The largest absolute Gasteiger partial charge is 0.343 e. The maximum atomic E-state index is 4.47. The number of halogens is 1. The number of nitrogens with zero attached hydrogens (tertiary/aromatic N) is 4. The smallest absolute Gasteiger partial charge is 0.224 e. The summed E-state index contributed by atoms with van der Waals surface area (Å²) < 4.78 is 6.61. The monoisotopic (exact) mass is 400 g/mol. The molecule has 4 nitrogen and oxygen atoms in total. The molecular weight excluding hydrogens is 387 g/mol. The second kappa shape index (κ2) is 4.04. The lowest BCUT2D eigenvalue weighted by Gasteiger charge is -2.05. The molecular formula is C17H13IN4. The topological polar surface area (TPSA) is 27.2 Å². The first-order valence-corrected chi connectivity index (χ1v) is 8.15. The van der Waals surface area contributed by atoms with Crippen LogP contribution < -0.4 is 0 Å². The molecule has 22 heavy (non-hydrogen) atoms. The predicted octanol–water partition coefficient (Wildman–Crippen LogP) is 4.44. The highest BCUT2D eigenvalue weighted by Crippen LogP contribution is 2.36. The van der Waals surface area contributed by atoms with E-state index in [1.165, 1.54) is 38.4 Å². The number of aryl methyl sites for hydroxylation is 2. The normalized spacial score (nSPS) is 12.3. The molecule has 108 valence electrons. The molecule has 3 heterocycles. The van der Waals surface area contributed by atoms with Gasteiger partial charge in [-0.2, -0.15) is 0 Å². The standard InChI is InChI=1S/C17H13IN4/c1-10-15-12(11-5-3-4-6-13(11)20(15)2)9-14-16(10)22(18)17-19-7-8-21(14)17/h3-9H,1-2H3. The van der Waals surface area contributed by atoms with Gasteiger partial charge in [0.15, 0.2) is 0 Å². The second-order valence-corrected chi connectivity index (χ2v) is 6.68.